The second-order valence-electron chi connectivity index (χ2n) is 5.23. The highest BCUT2D eigenvalue weighted by molar-refractivity contribution is 7.89. The van der Waals surface area contributed by atoms with Crippen LogP contribution in [0.1, 0.15) is 32.3 Å². The zero-order chi connectivity index (χ0) is 18.8. The molecule has 1 rings (SSSR count). The molecular weight excluding hydrogens is 387 g/mol. The van der Waals surface area contributed by atoms with Gasteiger partial charge < -0.3 is 5.73 Å². The molecule has 0 aromatic heterocycles. The molecule has 0 aliphatic heterocycles. The molecule has 7 nitrogen and oxygen atoms in total. The van der Waals surface area contributed by atoms with Crippen LogP contribution < -0.4 is 10.5 Å². The standard InChI is InChI=1S/C13H18F3N3O4S.ClH/c1-3-12(4-2,8-17)18-24(22,23)11-6-5-9(19(20)21)7-10(11)13(14,15)16;/h5-7,18H,3-4,8,17H2,1-2H3;1H. The predicted octanol–water partition coefficient (Wildman–Crippen LogP) is 2.83. The van der Waals surface area contributed by atoms with Gasteiger partial charge >= 0.3 is 6.18 Å². The van der Waals surface area contributed by atoms with E-state index in [-0.39, 0.29) is 37.9 Å². The minimum Gasteiger partial charge on any atom is -0.329 e. The Labute approximate surface area is 149 Å². The van der Waals surface area contributed by atoms with Crippen molar-refractivity contribution in [3.8, 4) is 0 Å². The zero-order valence-corrected chi connectivity index (χ0v) is 15.1. The van der Waals surface area contributed by atoms with Crippen molar-refractivity contribution in [1.82, 2.24) is 4.72 Å². The fourth-order valence-electron chi connectivity index (χ4n) is 2.15. The Bertz CT molecular complexity index is 713. The lowest BCUT2D eigenvalue weighted by molar-refractivity contribution is -0.385. The number of sulfonamides is 1. The van der Waals surface area contributed by atoms with Crippen LogP contribution in [0.5, 0.6) is 0 Å². The molecule has 0 bridgehead atoms. The van der Waals surface area contributed by atoms with Gasteiger partial charge in [0.1, 0.15) is 0 Å². The van der Waals surface area contributed by atoms with Crippen molar-refractivity contribution in [2.24, 2.45) is 5.73 Å². The second-order valence-corrected chi connectivity index (χ2v) is 6.88. The van der Waals surface area contributed by atoms with E-state index in [0.717, 1.165) is 0 Å². The number of halogens is 4. The minimum absolute atomic E-state index is 0. The van der Waals surface area contributed by atoms with Crippen LogP contribution in [0, 0.1) is 10.1 Å². The third-order valence-corrected chi connectivity index (χ3v) is 5.50. The normalized spacial score (nSPS) is 12.6. The van der Waals surface area contributed by atoms with Crippen molar-refractivity contribution in [3.63, 3.8) is 0 Å². The number of nitrogens with zero attached hydrogens (tertiary/aromatic N) is 1. The van der Waals surface area contributed by atoms with E-state index in [1.807, 2.05) is 0 Å². The van der Waals surface area contributed by atoms with E-state index in [1.54, 1.807) is 13.8 Å². The van der Waals surface area contributed by atoms with Gasteiger partial charge in [-0.1, -0.05) is 13.8 Å². The molecule has 1 aromatic rings. The maximum Gasteiger partial charge on any atom is 0.417 e. The summed E-state index contributed by atoms with van der Waals surface area (Å²) in [4.78, 5) is 8.57. The molecule has 144 valence electrons. The Morgan fingerprint density at radius 3 is 2.12 bits per heavy atom. The van der Waals surface area contributed by atoms with Crippen LogP contribution >= 0.6 is 12.4 Å². The van der Waals surface area contributed by atoms with Gasteiger partial charge in [-0.3, -0.25) is 10.1 Å². The highest BCUT2D eigenvalue weighted by Gasteiger charge is 2.40. The Balaban J connectivity index is 0.00000576. The zero-order valence-electron chi connectivity index (χ0n) is 13.5. The van der Waals surface area contributed by atoms with Crippen molar-refractivity contribution in [1.29, 1.82) is 0 Å². The fourth-order valence-corrected chi connectivity index (χ4v) is 3.92. The van der Waals surface area contributed by atoms with Crippen molar-refractivity contribution in [2.45, 2.75) is 43.3 Å². The maximum absolute atomic E-state index is 13.2. The predicted molar refractivity (Wildman–Crippen MR) is 88.0 cm³/mol. The first kappa shape index (κ1) is 23.6. The molecule has 0 aliphatic rings. The summed E-state index contributed by atoms with van der Waals surface area (Å²) in [5.41, 5.74) is 2.02. The molecule has 0 unspecified atom stereocenters. The number of benzene rings is 1. The first-order chi connectivity index (χ1) is 10.9. The van der Waals surface area contributed by atoms with E-state index in [9.17, 15) is 31.7 Å². The average molecular weight is 406 g/mol. The molecule has 0 radical (unpaired) electrons. The number of non-ortho nitro benzene ring substituents is 1. The van der Waals surface area contributed by atoms with Crippen LogP contribution in [0.2, 0.25) is 0 Å². The lowest BCUT2D eigenvalue weighted by Gasteiger charge is -2.31. The molecule has 25 heavy (non-hydrogen) atoms. The van der Waals surface area contributed by atoms with E-state index in [2.05, 4.69) is 4.72 Å². The minimum atomic E-state index is -5.07. The van der Waals surface area contributed by atoms with Gasteiger partial charge in [-0.15, -0.1) is 12.4 Å². The van der Waals surface area contributed by atoms with Gasteiger partial charge in [0.25, 0.3) is 5.69 Å². The summed E-state index contributed by atoms with van der Waals surface area (Å²) >= 11 is 0. The third-order valence-electron chi connectivity index (χ3n) is 3.86. The molecule has 0 atom stereocenters. The van der Waals surface area contributed by atoms with Crippen molar-refractivity contribution < 1.29 is 26.5 Å². The average Bonchev–Trinajstić information content (AvgIpc) is 2.51. The summed E-state index contributed by atoms with van der Waals surface area (Å²) in [6.07, 6.45) is -4.53. The number of alkyl halides is 3. The Hall–Kier alpha value is -1.43. The number of nitrogens with one attached hydrogen (secondary N) is 1. The molecule has 12 heteroatoms. The molecule has 0 aliphatic carbocycles. The third kappa shape index (κ3) is 5.27. The second kappa shape index (κ2) is 8.30. The highest BCUT2D eigenvalue weighted by Crippen LogP contribution is 2.36. The summed E-state index contributed by atoms with van der Waals surface area (Å²) in [5.74, 6) is 0. The van der Waals surface area contributed by atoms with E-state index in [1.165, 1.54) is 0 Å². The van der Waals surface area contributed by atoms with Gasteiger partial charge in [0, 0.05) is 24.2 Å². The molecule has 0 heterocycles. The smallest absolute Gasteiger partial charge is 0.329 e. The quantitative estimate of drug-likeness (QED) is 0.534. The number of rotatable bonds is 7. The molecule has 0 saturated heterocycles. The maximum atomic E-state index is 13.2. The molecule has 3 N–H and O–H groups in total. The van der Waals surface area contributed by atoms with E-state index < -0.39 is 42.8 Å². The lowest BCUT2D eigenvalue weighted by Crippen LogP contribution is -2.52. The van der Waals surface area contributed by atoms with Gasteiger partial charge in [0.2, 0.25) is 10.0 Å². The number of nitro benzene ring substituents is 1. The van der Waals surface area contributed by atoms with Crippen molar-refractivity contribution in [3.05, 3.63) is 33.9 Å². The van der Waals surface area contributed by atoms with Crippen molar-refractivity contribution >= 4 is 28.1 Å². The fraction of sp³-hybridized carbons (Fsp3) is 0.538. The van der Waals surface area contributed by atoms with Crippen LogP contribution in [-0.2, 0) is 16.2 Å². The first-order valence-electron chi connectivity index (χ1n) is 7.02. The number of hydrogen-bond acceptors (Lipinski definition) is 5. The molecule has 1 aromatic carbocycles. The number of nitrogens with two attached hydrogens (primary N) is 1. The molecule has 0 spiro atoms. The van der Waals surface area contributed by atoms with Gasteiger partial charge in [0.15, 0.2) is 0 Å². The van der Waals surface area contributed by atoms with E-state index in [0.29, 0.717) is 12.1 Å². The largest absolute Gasteiger partial charge is 0.417 e. The van der Waals surface area contributed by atoms with Crippen LogP contribution in [-0.4, -0.2) is 25.4 Å². The first-order valence-corrected chi connectivity index (χ1v) is 8.50. The number of nitro groups is 1. The summed E-state index contributed by atoms with van der Waals surface area (Å²) in [7, 11) is -4.58. The van der Waals surface area contributed by atoms with Crippen LogP contribution in [0.3, 0.4) is 0 Å². The summed E-state index contributed by atoms with van der Waals surface area (Å²) in [6, 6.07) is 1.50. The van der Waals surface area contributed by atoms with Gasteiger partial charge in [0.05, 0.1) is 15.4 Å². The highest BCUT2D eigenvalue weighted by atomic mass is 35.5. The molecular formula is C13H19ClF3N3O4S. The lowest BCUT2D eigenvalue weighted by atomic mass is 9.95. The number of hydrogen-bond donors (Lipinski definition) is 2. The topological polar surface area (TPSA) is 115 Å². The van der Waals surface area contributed by atoms with Gasteiger partial charge in [-0.25, -0.2) is 13.1 Å². The van der Waals surface area contributed by atoms with Crippen LogP contribution in [0.4, 0.5) is 18.9 Å². The van der Waals surface area contributed by atoms with Crippen LogP contribution in [0.25, 0.3) is 0 Å². The Morgan fingerprint density at radius 2 is 1.76 bits per heavy atom. The molecule has 0 amide bonds. The summed E-state index contributed by atoms with van der Waals surface area (Å²) in [5, 5.41) is 10.7. The monoisotopic (exact) mass is 405 g/mol. The summed E-state index contributed by atoms with van der Waals surface area (Å²) < 4.78 is 66.6. The van der Waals surface area contributed by atoms with Crippen molar-refractivity contribution in [2.75, 3.05) is 6.54 Å². The summed E-state index contributed by atoms with van der Waals surface area (Å²) in [6.45, 7) is 3.20. The van der Waals surface area contributed by atoms with E-state index in [4.69, 9.17) is 5.73 Å². The molecule has 0 fully saturated rings. The van der Waals surface area contributed by atoms with Gasteiger partial charge in [-0.05, 0) is 18.9 Å². The Kier molecular flexibility index (Phi) is 7.82. The molecule has 0 saturated carbocycles. The van der Waals surface area contributed by atoms with E-state index >= 15 is 0 Å². The van der Waals surface area contributed by atoms with Crippen LogP contribution in [0.15, 0.2) is 23.1 Å². The SMILES string of the molecule is CCC(CC)(CN)NS(=O)(=O)c1ccc([N+](=O)[O-])cc1C(F)(F)F.Cl. The Morgan fingerprint density at radius 1 is 1.24 bits per heavy atom. The van der Waals surface area contributed by atoms with Gasteiger partial charge in [-0.2, -0.15) is 13.2 Å².